The van der Waals surface area contributed by atoms with Crippen molar-refractivity contribution in [3.8, 4) is 5.82 Å². The fourth-order valence-corrected chi connectivity index (χ4v) is 1.53. The number of rotatable bonds is 3. The SMILES string of the molecule is CCOC(=O)c1cnn(-c2ncc(C)cc2N)c1. The molecule has 0 aliphatic heterocycles. The van der Waals surface area contributed by atoms with E-state index in [2.05, 4.69) is 10.1 Å². The van der Waals surface area contributed by atoms with Crippen molar-refractivity contribution in [1.82, 2.24) is 14.8 Å². The highest BCUT2D eigenvalue weighted by Crippen LogP contribution is 2.15. The fourth-order valence-electron chi connectivity index (χ4n) is 1.53. The van der Waals surface area contributed by atoms with Crippen molar-refractivity contribution in [2.75, 3.05) is 12.3 Å². The average molecular weight is 246 g/mol. The van der Waals surface area contributed by atoms with Crippen LogP contribution < -0.4 is 5.73 Å². The number of hydrogen-bond donors (Lipinski definition) is 1. The van der Waals surface area contributed by atoms with E-state index < -0.39 is 5.97 Å². The van der Waals surface area contributed by atoms with Gasteiger partial charge in [0.1, 0.15) is 0 Å². The molecule has 0 bridgehead atoms. The Morgan fingerprint density at radius 1 is 1.50 bits per heavy atom. The third-order valence-corrected chi connectivity index (χ3v) is 2.34. The quantitative estimate of drug-likeness (QED) is 0.826. The molecular formula is C12H14N4O2. The summed E-state index contributed by atoms with van der Waals surface area (Å²) in [5.41, 5.74) is 7.71. The van der Waals surface area contributed by atoms with Gasteiger partial charge in [-0.3, -0.25) is 0 Å². The molecule has 0 saturated carbocycles. The molecule has 0 saturated heterocycles. The molecule has 6 nitrogen and oxygen atoms in total. The molecule has 2 rings (SSSR count). The molecule has 0 amide bonds. The van der Waals surface area contributed by atoms with Gasteiger partial charge < -0.3 is 10.5 Å². The van der Waals surface area contributed by atoms with E-state index in [0.717, 1.165) is 5.56 Å². The van der Waals surface area contributed by atoms with E-state index in [-0.39, 0.29) is 0 Å². The van der Waals surface area contributed by atoms with Gasteiger partial charge in [0.2, 0.25) is 0 Å². The van der Waals surface area contributed by atoms with Crippen LogP contribution in [-0.4, -0.2) is 27.3 Å². The Morgan fingerprint density at radius 2 is 2.28 bits per heavy atom. The number of esters is 1. The minimum absolute atomic E-state index is 0.328. The number of hydrogen-bond acceptors (Lipinski definition) is 5. The molecule has 0 radical (unpaired) electrons. The summed E-state index contributed by atoms with van der Waals surface area (Å²) in [6.45, 7) is 3.98. The second-order valence-corrected chi connectivity index (χ2v) is 3.82. The topological polar surface area (TPSA) is 83.0 Å². The van der Waals surface area contributed by atoms with Crippen molar-refractivity contribution in [2.45, 2.75) is 13.8 Å². The van der Waals surface area contributed by atoms with E-state index in [1.165, 1.54) is 10.9 Å². The van der Waals surface area contributed by atoms with Crippen molar-refractivity contribution >= 4 is 11.7 Å². The summed E-state index contributed by atoms with van der Waals surface area (Å²) in [7, 11) is 0. The molecule has 0 aliphatic carbocycles. The van der Waals surface area contributed by atoms with Gasteiger partial charge in [0.05, 0.1) is 24.1 Å². The first-order valence-electron chi connectivity index (χ1n) is 5.56. The van der Waals surface area contributed by atoms with Crippen LogP contribution in [0, 0.1) is 6.92 Å². The van der Waals surface area contributed by atoms with Gasteiger partial charge in [0, 0.05) is 12.4 Å². The number of anilines is 1. The first-order chi connectivity index (χ1) is 8.61. The number of aryl methyl sites for hydroxylation is 1. The Bertz CT molecular complexity index is 577. The van der Waals surface area contributed by atoms with Gasteiger partial charge in [-0.25, -0.2) is 14.5 Å². The van der Waals surface area contributed by atoms with Crippen LogP contribution in [0.5, 0.6) is 0 Å². The predicted octanol–water partition coefficient (Wildman–Crippen LogP) is 1.33. The Labute approximate surface area is 104 Å². The Kier molecular flexibility index (Phi) is 3.27. The number of carbonyl (C=O) groups is 1. The molecule has 0 atom stereocenters. The van der Waals surface area contributed by atoms with Crippen LogP contribution in [0.2, 0.25) is 0 Å². The summed E-state index contributed by atoms with van der Waals surface area (Å²) in [5, 5.41) is 4.05. The summed E-state index contributed by atoms with van der Waals surface area (Å²) in [5.74, 6) is 0.0885. The number of carbonyl (C=O) groups excluding carboxylic acids is 1. The third kappa shape index (κ3) is 2.32. The summed E-state index contributed by atoms with van der Waals surface area (Å²) in [4.78, 5) is 15.7. The molecule has 2 aromatic heterocycles. The average Bonchev–Trinajstić information content (AvgIpc) is 2.78. The highest BCUT2D eigenvalue weighted by molar-refractivity contribution is 5.88. The third-order valence-electron chi connectivity index (χ3n) is 2.34. The second kappa shape index (κ2) is 4.87. The molecule has 2 aromatic rings. The van der Waals surface area contributed by atoms with Crippen LogP contribution in [0.4, 0.5) is 5.69 Å². The molecule has 0 aliphatic rings. The first kappa shape index (κ1) is 12.1. The lowest BCUT2D eigenvalue weighted by Crippen LogP contribution is -2.05. The van der Waals surface area contributed by atoms with Crippen molar-refractivity contribution < 1.29 is 9.53 Å². The minimum Gasteiger partial charge on any atom is -0.462 e. The molecule has 2 N–H and O–H groups in total. The maximum Gasteiger partial charge on any atom is 0.341 e. The standard InChI is InChI=1S/C12H14N4O2/c1-3-18-12(17)9-6-15-16(7-9)11-10(13)4-8(2)5-14-11/h4-7H,3,13H2,1-2H3. The molecule has 0 spiro atoms. The molecule has 0 fully saturated rings. The number of ether oxygens (including phenoxy) is 1. The van der Waals surface area contributed by atoms with Crippen molar-refractivity contribution in [2.24, 2.45) is 0 Å². The second-order valence-electron chi connectivity index (χ2n) is 3.82. The zero-order valence-corrected chi connectivity index (χ0v) is 10.3. The molecule has 2 heterocycles. The van der Waals surface area contributed by atoms with Gasteiger partial charge in [-0.2, -0.15) is 5.10 Å². The highest BCUT2D eigenvalue weighted by atomic mass is 16.5. The first-order valence-corrected chi connectivity index (χ1v) is 5.56. The van der Waals surface area contributed by atoms with Crippen LogP contribution in [0.1, 0.15) is 22.8 Å². The zero-order chi connectivity index (χ0) is 13.1. The van der Waals surface area contributed by atoms with Crippen molar-refractivity contribution in [3.63, 3.8) is 0 Å². The number of aromatic nitrogens is 3. The lowest BCUT2D eigenvalue weighted by Gasteiger charge is -2.04. The summed E-state index contributed by atoms with van der Waals surface area (Å²) < 4.78 is 6.34. The smallest absolute Gasteiger partial charge is 0.341 e. The lowest BCUT2D eigenvalue weighted by molar-refractivity contribution is 0.0526. The summed E-state index contributed by atoms with van der Waals surface area (Å²) in [6.07, 6.45) is 4.67. The Hall–Kier alpha value is -2.37. The van der Waals surface area contributed by atoms with Crippen molar-refractivity contribution in [3.05, 3.63) is 35.8 Å². The van der Waals surface area contributed by atoms with E-state index in [0.29, 0.717) is 23.7 Å². The van der Waals surface area contributed by atoms with E-state index in [1.807, 2.05) is 6.92 Å². The highest BCUT2D eigenvalue weighted by Gasteiger charge is 2.12. The monoisotopic (exact) mass is 246 g/mol. The zero-order valence-electron chi connectivity index (χ0n) is 10.3. The minimum atomic E-state index is -0.408. The summed E-state index contributed by atoms with van der Waals surface area (Å²) in [6, 6.07) is 1.80. The summed E-state index contributed by atoms with van der Waals surface area (Å²) >= 11 is 0. The number of nitrogen functional groups attached to an aromatic ring is 1. The maximum absolute atomic E-state index is 11.5. The fraction of sp³-hybridized carbons (Fsp3) is 0.250. The van der Waals surface area contributed by atoms with Gasteiger partial charge in [0.15, 0.2) is 5.82 Å². The Balaban J connectivity index is 2.32. The van der Waals surface area contributed by atoms with E-state index >= 15 is 0 Å². The normalized spacial score (nSPS) is 10.3. The lowest BCUT2D eigenvalue weighted by atomic mass is 10.3. The molecule has 6 heteroatoms. The molecule has 0 aromatic carbocycles. The predicted molar refractivity (Wildman–Crippen MR) is 66.5 cm³/mol. The maximum atomic E-state index is 11.5. The van der Waals surface area contributed by atoms with Crippen LogP contribution in [0.25, 0.3) is 5.82 Å². The largest absolute Gasteiger partial charge is 0.462 e. The van der Waals surface area contributed by atoms with Crippen LogP contribution >= 0.6 is 0 Å². The molecule has 18 heavy (non-hydrogen) atoms. The van der Waals surface area contributed by atoms with Crippen molar-refractivity contribution in [1.29, 1.82) is 0 Å². The number of nitrogens with zero attached hydrogens (tertiary/aromatic N) is 3. The molecular weight excluding hydrogens is 232 g/mol. The van der Waals surface area contributed by atoms with Gasteiger partial charge in [-0.1, -0.05) is 0 Å². The number of pyridine rings is 1. The van der Waals surface area contributed by atoms with Crippen LogP contribution in [-0.2, 0) is 4.74 Å². The molecule has 0 unspecified atom stereocenters. The van der Waals surface area contributed by atoms with Gasteiger partial charge in [0.25, 0.3) is 0 Å². The van der Waals surface area contributed by atoms with E-state index in [1.54, 1.807) is 25.4 Å². The van der Waals surface area contributed by atoms with Crippen LogP contribution in [0.15, 0.2) is 24.7 Å². The van der Waals surface area contributed by atoms with E-state index in [9.17, 15) is 4.79 Å². The van der Waals surface area contributed by atoms with Gasteiger partial charge in [-0.15, -0.1) is 0 Å². The van der Waals surface area contributed by atoms with Gasteiger partial charge >= 0.3 is 5.97 Å². The van der Waals surface area contributed by atoms with Gasteiger partial charge in [-0.05, 0) is 25.5 Å². The number of nitrogens with two attached hydrogens (primary N) is 1. The molecule has 94 valence electrons. The van der Waals surface area contributed by atoms with Crippen LogP contribution in [0.3, 0.4) is 0 Å². The Morgan fingerprint density at radius 3 is 2.94 bits per heavy atom. The van der Waals surface area contributed by atoms with E-state index in [4.69, 9.17) is 10.5 Å².